The number of hydrogen-bond donors (Lipinski definition) is 2. The fourth-order valence-electron chi connectivity index (χ4n) is 2.60. The molecule has 0 saturated heterocycles. The second kappa shape index (κ2) is 6.59. The molecule has 0 fully saturated rings. The van der Waals surface area contributed by atoms with E-state index in [0.717, 1.165) is 24.8 Å². The van der Waals surface area contributed by atoms with Gasteiger partial charge in [0, 0.05) is 11.4 Å². The number of nitrogens with zero attached hydrogens (tertiary/aromatic N) is 1. The highest BCUT2D eigenvalue weighted by molar-refractivity contribution is 7.16. The predicted octanol–water partition coefficient (Wildman–Crippen LogP) is 3.20. The van der Waals surface area contributed by atoms with Gasteiger partial charge >= 0.3 is 0 Å². The van der Waals surface area contributed by atoms with Gasteiger partial charge in [0.15, 0.2) is 0 Å². The molecule has 21 heavy (non-hydrogen) atoms. The van der Waals surface area contributed by atoms with Crippen LogP contribution in [0.25, 0.3) is 0 Å². The Bertz CT molecular complexity index is 567. The molecular formula is C16H23N3OS. The quantitative estimate of drug-likeness (QED) is 0.838. The number of anilines is 1. The second-order valence-electron chi connectivity index (χ2n) is 5.95. The first-order valence-electron chi connectivity index (χ1n) is 7.62. The molecule has 1 aromatic heterocycles. The highest BCUT2D eigenvalue weighted by Gasteiger charge is 2.31. The van der Waals surface area contributed by atoms with Crippen LogP contribution in [0.3, 0.4) is 0 Å². The maximum atomic E-state index is 12.5. The van der Waals surface area contributed by atoms with Crippen molar-refractivity contribution in [2.24, 2.45) is 11.1 Å². The molecule has 1 unspecified atom stereocenters. The molecule has 2 rings (SSSR count). The average molecular weight is 305 g/mol. The number of nitrogens with one attached hydrogen (secondary N) is 1. The van der Waals surface area contributed by atoms with E-state index in [-0.39, 0.29) is 5.91 Å². The third-order valence-corrected chi connectivity index (χ3v) is 5.75. The Labute approximate surface area is 130 Å². The minimum absolute atomic E-state index is 0.0830. The molecule has 0 radical (unpaired) electrons. The minimum Gasteiger partial charge on any atom is -0.329 e. The van der Waals surface area contributed by atoms with Gasteiger partial charge in [-0.05, 0) is 44.6 Å². The molecule has 1 aromatic rings. The van der Waals surface area contributed by atoms with Crippen LogP contribution in [0, 0.1) is 16.7 Å². The van der Waals surface area contributed by atoms with E-state index in [4.69, 9.17) is 5.73 Å². The lowest BCUT2D eigenvalue weighted by molar-refractivity contribution is -0.124. The summed E-state index contributed by atoms with van der Waals surface area (Å²) in [5, 5.41) is 13.1. The molecule has 0 bridgehead atoms. The standard InChI is InChI=1S/C16H23N3OS/c1-3-16(2,10-18)15(20)19-14-12(9-17)11-7-5-4-6-8-13(11)21-14/h3-8,10,18H2,1-2H3,(H,19,20). The van der Waals surface area contributed by atoms with E-state index in [0.29, 0.717) is 23.5 Å². The number of thiophene rings is 1. The zero-order valence-corrected chi connectivity index (χ0v) is 13.6. The van der Waals surface area contributed by atoms with Gasteiger partial charge in [-0.15, -0.1) is 11.3 Å². The summed E-state index contributed by atoms with van der Waals surface area (Å²) in [7, 11) is 0. The highest BCUT2D eigenvalue weighted by atomic mass is 32.1. The summed E-state index contributed by atoms with van der Waals surface area (Å²) in [5.74, 6) is -0.0830. The lowest BCUT2D eigenvalue weighted by Gasteiger charge is -2.24. The van der Waals surface area contributed by atoms with Crippen molar-refractivity contribution in [3.63, 3.8) is 0 Å². The molecule has 1 aliphatic carbocycles. The fraction of sp³-hybridized carbons (Fsp3) is 0.625. The molecule has 0 aliphatic heterocycles. The maximum Gasteiger partial charge on any atom is 0.232 e. The van der Waals surface area contributed by atoms with Gasteiger partial charge in [0.05, 0.1) is 11.0 Å². The van der Waals surface area contributed by atoms with Crippen molar-refractivity contribution in [2.45, 2.75) is 52.4 Å². The first-order valence-corrected chi connectivity index (χ1v) is 8.43. The Morgan fingerprint density at radius 1 is 1.43 bits per heavy atom. The largest absolute Gasteiger partial charge is 0.329 e. The zero-order valence-electron chi connectivity index (χ0n) is 12.8. The van der Waals surface area contributed by atoms with E-state index in [1.54, 1.807) is 11.3 Å². The van der Waals surface area contributed by atoms with Crippen molar-refractivity contribution in [1.82, 2.24) is 0 Å². The summed E-state index contributed by atoms with van der Waals surface area (Å²) in [6.07, 6.45) is 6.17. The third kappa shape index (κ3) is 3.12. The lowest BCUT2D eigenvalue weighted by Crippen LogP contribution is -2.39. The molecular weight excluding hydrogens is 282 g/mol. The molecule has 5 heteroatoms. The van der Waals surface area contributed by atoms with Gasteiger partial charge in [0.1, 0.15) is 11.1 Å². The van der Waals surface area contributed by atoms with Crippen molar-refractivity contribution >= 4 is 22.2 Å². The fourth-order valence-corrected chi connectivity index (χ4v) is 3.84. The summed E-state index contributed by atoms with van der Waals surface area (Å²) in [5.41, 5.74) is 6.98. The summed E-state index contributed by atoms with van der Waals surface area (Å²) >= 11 is 1.57. The molecule has 3 N–H and O–H groups in total. The number of rotatable bonds is 4. The van der Waals surface area contributed by atoms with E-state index >= 15 is 0 Å². The Morgan fingerprint density at radius 2 is 2.14 bits per heavy atom. The topological polar surface area (TPSA) is 78.9 Å². The van der Waals surface area contributed by atoms with E-state index in [1.807, 2.05) is 13.8 Å². The van der Waals surface area contributed by atoms with Crippen molar-refractivity contribution in [3.8, 4) is 6.07 Å². The van der Waals surface area contributed by atoms with Gasteiger partial charge in [0.2, 0.25) is 5.91 Å². The molecule has 0 spiro atoms. The van der Waals surface area contributed by atoms with Crippen molar-refractivity contribution in [3.05, 3.63) is 16.0 Å². The monoisotopic (exact) mass is 305 g/mol. The van der Waals surface area contributed by atoms with Gasteiger partial charge in [-0.25, -0.2) is 0 Å². The van der Waals surface area contributed by atoms with Crippen LogP contribution in [-0.2, 0) is 17.6 Å². The molecule has 1 atom stereocenters. The zero-order chi connectivity index (χ0) is 15.5. The Morgan fingerprint density at radius 3 is 2.76 bits per heavy atom. The van der Waals surface area contributed by atoms with Gasteiger partial charge in [-0.1, -0.05) is 13.3 Å². The highest BCUT2D eigenvalue weighted by Crippen LogP contribution is 2.37. The summed E-state index contributed by atoms with van der Waals surface area (Å²) < 4.78 is 0. The molecule has 4 nitrogen and oxygen atoms in total. The number of amides is 1. The number of carbonyl (C=O) groups excluding carboxylic acids is 1. The van der Waals surface area contributed by atoms with Crippen LogP contribution in [0.4, 0.5) is 5.00 Å². The molecule has 1 amide bonds. The summed E-state index contributed by atoms with van der Waals surface area (Å²) in [6, 6.07) is 2.29. The number of aryl methyl sites for hydroxylation is 1. The SMILES string of the molecule is CCC(C)(CN)C(=O)Nc1sc2c(c1C#N)CCCCC2. The van der Waals surface area contributed by atoms with Crippen LogP contribution in [0.15, 0.2) is 0 Å². The van der Waals surface area contributed by atoms with Crippen LogP contribution in [0.1, 0.15) is 55.5 Å². The van der Waals surface area contributed by atoms with E-state index in [1.165, 1.54) is 17.7 Å². The number of carbonyl (C=O) groups is 1. The van der Waals surface area contributed by atoms with E-state index in [9.17, 15) is 10.1 Å². The molecule has 0 aromatic carbocycles. The molecule has 0 saturated carbocycles. The van der Waals surface area contributed by atoms with E-state index < -0.39 is 5.41 Å². The molecule has 1 aliphatic rings. The van der Waals surface area contributed by atoms with Crippen molar-refractivity contribution in [2.75, 3.05) is 11.9 Å². The second-order valence-corrected chi connectivity index (χ2v) is 7.06. The van der Waals surface area contributed by atoms with Gasteiger partial charge in [-0.3, -0.25) is 4.79 Å². The van der Waals surface area contributed by atoms with Crippen LogP contribution >= 0.6 is 11.3 Å². The minimum atomic E-state index is -0.575. The number of nitrogens with two attached hydrogens (primary N) is 1. The maximum absolute atomic E-state index is 12.5. The van der Waals surface area contributed by atoms with Crippen LogP contribution in [0.2, 0.25) is 0 Å². The third-order valence-electron chi connectivity index (χ3n) is 4.54. The number of fused-ring (bicyclic) bond motifs is 1. The Balaban J connectivity index is 2.29. The van der Waals surface area contributed by atoms with E-state index in [2.05, 4.69) is 11.4 Å². The molecule has 1 heterocycles. The van der Waals surface area contributed by atoms with Crippen LogP contribution in [-0.4, -0.2) is 12.5 Å². The van der Waals surface area contributed by atoms with Gasteiger partial charge < -0.3 is 11.1 Å². The first kappa shape index (κ1) is 16.0. The van der Waals surface area contributed by atoms with Crippen molar-refractivity contribution < 1.29 is 4.79 Å². The van der Waals surface area contributed by atoms with Crippen LogP contribution in [0.5, 0.6) is 0 Å². The summed E-state index contributed by atoms with van der Waals surface area (Å²) in [4.78, 5) is 13.7. The number of hydrogen-bond acceptors (Lipinski definition) is 4. The Kier molecular flexibility index (Phi) is 5.02. The predicted molar refractivity (Wildman–Crippen MR) is 86.4 cm³/mol. The normalized spacial score (nSPS) is 17.2. The Hall–Kier alpha value is -1.38. The lowest BCUT2D eigenvalue weighted by atomic mass is 9.87. The molecule has 114 valence electrons. The number of nitriles is 1. The summed E-state index contributed by atoms with van der Waals surface area (Å²) in [6.45, 7) is 4.14. The average Bonchev–Trinajstić information content (AvgIpc) is 2.66. The van der Waals surface area contributed by atoms with Crippen LogP contribution < -0.4 is 11.1 Å². The first-order chi connectivity index (χ1) is 10.1. The smallest absolute Gasteiger partial charge is 0.232 e. The van der Waals surface area contributed by atoms with Gasteiger partial charge in [0.25, 0.3) is 0 Å². The van der Waals surface area contributed by atoms with Gasteiger partial charge in [-0.2, -0.15) is 5.26 Å². The van der Waals surface area contributed by atoms with Crippen molar-refractivity contribution in [1.29, 1.82) is 5.26 Å².